The molecule has 2 amide bonds. The van der Waals surface area contributed by atoms with Gasteiger partial charge in [-0.05, 0) is 62.6 Å². The molecule has 0 aliphatic carbocycles. The molecule has 1 aromatic heterocycles. The van der Waals surface area contributed by atoms with Crippen LogP contribution in [0.25, 0.3) is 0 Å². The van der Waals surface area contributed by atoms with Crippen molar-refractivity contribution >= 4 is 28.8 Å². The molecule has 0 unspecified atom stereocenters. The molecule has 1 heterocycles. The maximum atomic E-state index is 12.9. The van der Waals surface area contributed by atoms with Crippen LogP contribution in [0.1, 0.15) is 25.2 Å². The lowest BCUT2D eigenvalue weighted by Gasteiger charge is -2.10. The summed E-state index contributed by atoms with van der Waals surface area (Å²) in [6, 6.07) is 12.2. The van der Waals surface area contributed by atoms with Crippen molar-refractivity contribution in [1.29, 1.82) is 0 Å². The van der Waals surface area contributed by atoms with Crippen molar-refractivity contribution in [2.24, 2.45) is 0 Å². The van der Waals surface area contributed by atoms with Crippen molar-refractivity contribution in [2.75, 3.05) is 32.5 Å². The summed E-state index contributed by atoms with van der Waals surface area (Å²) in [7, 11) is 3.87. The van der Waals surface area contributed by atoms with Gasteiger partial charge in [-0.2, -0.15) is 0 Å². The van der Waals surface area contributed by atoms with Crippen molar-refractivity contribution < 1.29 is 18.7 Å². The number of likely N-dealkylation sites (N-methyl/N-ethyl adjacent to an activating group) is 1. The zero-order chi connectivity index (χ0) is 22.2. The first kappa shape index (κ1) is 22.3. The average molecular weight is 444 g/mol. The first-order chi connectivity index (χ1) is 14.9. The van der Waals surface area contributed by atoms with Crippen LogP contribution in [0.4, 0.5) is 10.1 Å². The molecule has 0 bridgehead atoms. The molecular formula is C21H22FN5O3S. The van der Waals surface area contributed by atoms with E-state index in [0.29, 0.717) is 28.6 Å². The fourth-order valence-electron chi connectivity index (χ4n) is 2.46. The Hall–Kier alpha value is -3.37. The molecule has 3 rings (SSSR count). The van der Waals surface area contributed by atoms with Gasteiger partial charge >= 0.3 is 0 Å². The van der Waals surface area contributed by atoms with Crippen LogP contribution in [-0.4, -0.2) is 54.1 Å². The molecule has 8 nitrogen and oxygen atoms in total. The van der Waals surface area contributed by atoms with Crippen LogP contribution < -0.4 is 15.4 Å². The average Bonchev–Trinajstić information content (AvgIpc) is 3.23. The maximum Gasteiger partial charge on any atom is 0.286 e. The van der Waals surface area contributed by atoms with Gasteiger partial charge in [0.15, 0.2) is 5.01 Å². The lowest BCUT2D eigenvalue weighted by Crippen LogP contribution is -2.31. The minimum atomic E-state index is -0.409. The number of nitrogens with one attached hydrogen (secondary N) is 2. The van der Waals surface area contributed by atoms with E-state index < -0.39 is 5.91 Å². The number of benzene rings is 2. The Labute approximate surface area is 183 Å². The Kier molecular flexibility index (Phi) is 7.63. The predicted octanol–water partition coefficient (Wildman–Crippen LogP) is 2.80. The summed E-state index contributed by atoms with van der Waals surface area (Å²) >= 11 is 1.10. The van der Waals surface area contributed by atoms with E-state index in [0.717, 1.165) is 17.9 Å². The molecule has 31 heavy (non-hydrogen) atoms. The highest BCUT2D eigenvalue weighted by Crippen LogP contribution is 2.17. The summed E-state index contributed by atoms with van der Waals surface area (Å²) in [5, 5.41) is 14.1. The number of halogens is 1. The molecule has 0 saturated heterocycles. The van der Waals surface area contributed by atoms with E-state index in [1.807, 2.05) is 19.0 Å². The predicted molar refractivity (Wildman–Crippen MR) is 116 cm³/mol. The van der Waals surface area contributed by atoms with Gasteiger partial charge in [0, 0.05) is 24.3 Å². The number of hydrogen-bond donors (Lipinski definition) is 2. The van der Waals surface area contributed by atoms with E-state index in [1.54, 1.807) is 24.3 Å². The summed E-state index contributed by atoms with van der Waals surface area (Å²) in [6.45, 7) is 1.42. The zero-order valence-corrected chi connectivity index (χ0v) is 17.9. The first-order valence-electron chi connectivity index (χ1n) is 9.46. The molecule has 0 spiro atoms. The fraction of sp³-hybridized carbons (Fsp3) is 0.238. The molecule has 0 saturated carbocycles. The van der Waals surface area contributed by atoms with Gasteiger partial charge in [0.2, 0.25) is 5.01 Å². The van der Waals surface area contributed by atoms with Crippen LogP contribution in [0.2, 0.25) is 0 Å². The van der Waals surface area contributed by atoms with E-state index in [9.17, 15) is 14.0 Å². The lowest BCUT2D eigenvalue weighted by atomic mass is 10.2. The number of carbonyl (C=O) groups is 2. The second-order valence-corrected chi connectivity index (χ2v) is 7.90. The molecule has 3 aromatic rings. The van der Waals surface area contributed by atoms with Crippen LogP contribution in [0.5, 0.6) is 5.75 Å². The smallest absolute Gasteiger partial charge is 0.286 e. The van der Waals surface area contributed by atoms with E-state index in [2.05, 4.69) is 20.8 Å². The van der Waals surface area contributed by atoms with Crippen LogP contribution in [0.15, 0.2) is 48.5 Å². The van der Waals surface area contributed by atoms with E-state index in [4.69, 9.17) is 4.74 Å². The third-order valence-corrected chi connectivity index (χ3v) is 4.98. The molecule has 0 aliphatic heterocycles. The molecule has 0 radical (unpaired) electrons. The largest absolute Gasteiger partial charge is 0.486 e. The minimum absolute atomic E-state index is 0.119. The fourth-order valence-corrected chi connectivity index (χ4v) is 3.11. The molecule has 10 heteroatoms. The summed E-state index contributed by atoms with van der Waals surface area (Å²) in [5.74, 6) is -0.433. The van der Waals surface area contributed by atoms with Crippen LogP contribution in [0.3, 0.4) is 0 Å². The summed E-state index contributed by atoms with van der Waals surface area (Å²) in [4.78, 5) is 26.5. The number of rotatable bonds is 9. The highest BCUT2D eigenvalue weighted by molar-refractivity contribution is 7.13. The van der Waals surface area contributed by atoms with Crippen molar-refractivity contribution in [3.8, 4) is 5.75 Å². The van der Waals surface area contributed by atoms with Crippen LogP contribution >= 0.6 is 11.3 Å². The third kappa shape index (κ3) is 6.83. The topological polar surface area (TPSA) is 96.5 Å². The molecule has 2 N–H and O–H groups in total. The van der Waals surface area contributed by atoms with Gasteiger partial charge in [0.1, 0.15) is 18.2 Å². The number of amides is 2. The summed E-state index contributed by atoms with van der Waals surface area (Å²) < 4.78 is 18.4. The lowest BCUT2D eigenvalue weighted by molar-refractivity contribution is 0.0950. The third-order valence-electron chi connectivity index (χ3n) is 4.09. The number of carbonyl (C=O) groups excluding carboxylic acids is 2. The highest BCUT2D eigenvalue weighted by atomic mass is 32.1. The number of aromatic nitrogens is 2. The monoisotopic (exact) mass is 443 g/mol. The van der Waals surface area contributed by atoms with Crippen molar-refractivity contribution in [1.82, 2.24) is 20.4 Å². The van der Waals surface area contributed by atoms with Gasteiger partial charge in [-0.15, -0.1) is 10.2 Å². The Morgan fingerprint density at radius 2 is 1.74 bits per heavy atom. The number of nitrogens with zero attached hydrogens (tertiary/aromatic N) is 3. The molecular weight excluding hydrogens is 421 g/mol. The van der Waals surface area contributed by atoms with Crippen LogP contribution in [0, 0.1) is 5.82 Å². The highest BCUT2D eigenvalue weighted by Gasteiger charge is 2.14. The quantitative estimate of drug-likeness (QED) is 0.528. The number of hydrogen-bond acceptors (Lipinski definition) is 7. The zero-order valence-electron chi connectivity index (χ0n) is 17.1. The Balaban J connectivity index is 1.50. The van der Waals surface area contributed by atoms with Gasteiger partial charge in [0.25, 0.3) is 11.8 Å². The second kappa shape index (κ2) is 10.6. The molecule has 0 aliphatic rings. The number of anilines is 1. The summed E-state index contributed by atoms with van der Waals surface area (Å²) in [5.41, 5.74) is 1.04. The Morgan fingerprint density at radius 1 is 1.03 bits per heavy atom. The maximum absolute atomic E-state index is 12.9. The minimum Gasteiger partial charge on any atom is -0.486 e. The molecule has 2 aromatic carbocycles. The van der Waals surface area contributed by atoms with E-state index in [-0.39, 0.29) is 23.3 Å². The Morgan fingerprint density at radius 3 is 2.42 bits per heavy atom. The van der Waals surface area contributed by atoms with Crippen molar-refractivity contribution in [3.05, 3.63) is 69.9 Å². The van der Waals surface area contributed by atoms with Gasteiger partial charge in [-0.25, -0.2) is 4.39 Å². The van der Waals surface area contributed by atoms with Gasteiger partial charge in [-0.3, -0.25) is 9.59 Å². The number of ether oxygens (including phenoxy) is 1. The molecule has 0 fully saturated rings. The standard InChI is InChI=1S/C21H22FN5O3S/c1-27(2)12-11-23-19(28)14-3-7-16(8-4-14)24-20(29)21-26-25-18(31-21)13-30-17-9-5-15(22)6-10-17/h3-10H,11-13H2,1-2H3,(H,23,28)(H,24,29). The molecule has 162 valence electrons. The second-order valence-electron chi connectivity index (χ2n) is 6.83. The van der Waals surface area contributed by atoms with Crippen LogP contribution in [-0.2, 0) is 6.61 Å². The SMILES string of the molecule is CN(C)CCNC(=O)c1ccc(NC(=O)c2nnc(COc3ccc(F)cc3)s2)cc1. The Bertz CT molecular complexity index is 1020. The van der Waals surface area contributed by atoms with E-state index >= 15 is 0 Å². The van der Waals surface area contributed by atoms with Gasteiger partial charge in [0.05, 0.1) is 0 Å². The van der Waals surface area contributed by atoms with Gasteiger partial charge in [-0.1, -0.05) is 11.3 Å². The van der Waals surface area contributed by atoms with Crippen molar-refractivity contribution in [2.45, 2.75) is 6.61 Å². The van der Waals surface area contributed by atoms with Gasteiger partial charge < -0.3 is 20.3 Å². The summed E-state index contributed by atoms with van der Waals surface area (Å²) in [6.07, 6.45) is 0. The molecule has 0 atom stereocenters. The van der Waals surface area contributed by atoms with E-state index in [1.165, 1.54) is 24.3 Å². The first-order valence-corrected chi connectivity index (χ1v) is 10.3. The van der Waals surface area contributed by atoms with Crippen molar-refractivity contribution in [3.63, 3.8) is 0 Å². The normalized spacial score (nSPS) is 10.7.